The second kappa shape index (κ2) is 5.81. The summed E-state index contributed by atoms with van der Waals surface area (Å²) in [4.78, 5) is 8.76. The van der Waals surface area contributed by atoms with Crippen molar-refractivity contribution in [3.63, 3.8) is 0 Å². The van der Waals surface area contributed by atoms with Crippen molar-refractivity contribution in [3.8, 4) is 22.3 Å². The zero-order chi connectivity index (χ0) is 17.5. The molecular weight excluding hydrogens is 318 g/mol. The number of hydrogen-bond donors (Lipinski definition) is 0. The molecule has 0 aliphatic rings. The lowest BCUT2D eigenvalue weighted by Crippen LogP contribution is -1.88. The Labute approximate surface area is 151 Å². The number of aryl methyl sites for hydroxylation is 1. The van der Waals surface area contributed by atoms with E-state index in [-0.39, 0.29) is 0 Å². The highest BCUT2D eigenvalue weighted by atomic mass is 15.0. The molecule has 0 spiro atoms. The van der Waals surface area contributed by atoms with Crippen molar-refractivity contribution in [1.29, 1.82) is 0 Å². The molecule has 3 nitrogen and oxygen atoms in total. The first-order valence-corrected chi connectivity index (χ1v) is 8.65. The van der Waals surface area contributed by atoms with Crippen LogP contribution in [-0.2, 0) is 7.05 Å². The van der Waals surface area contributed by atoms with Gasteiger partial charge in [-0.15, -0.1) is 0 Å². The van der Waals surface area contributed by atoms with Crippen LogP contribution in [0.15, 0.2) is 85.3 Å². The third kappa shape index (κ3) is 2.29. The summed E-state index contributed by atoms with van der Waals surface area (Å²) < 4.78 is 2.15. The monoisotopic (exact) mass is 335 g/mol. The summed E-state index contributed by atoms with van der Waals surface area (Å²) in [5, 5.41) is 2.43. The van der Waals surface area contributed by atoms with E-state index in [0.29, 0.717) is 0 Å². The van der Waals surface area contributed by atoms with Gasteiger partial charge in [-0.25, -0.2) is 4.98 Å². The van der Waals surface area contributed by atoms with E-state index in [0.717, 1.165) is 11.2 Å². The second-order valence-electron chi connectivity index (χ2n) is 6.49. The summed E-state index contributed by atoms with van der Waals surface area (Å²) in [6.45, 7) is 0. The van der Waals surface area contributed by atoms with Crippen LogP contribution in [0.3, 0.4) is 0 Å². The predicted octanol–water partition coefficient (Wildman–Crippen LogP) is 5.46. The fourth-order valence-corrected chi connectivity index (χ4v) is 3.62. The topological polar surface area (TPSA) is 30.7 Å². The van der Waals surface area contributed by atoms with Gasteiger partial charge in [-0.05, 0) is 53.1 Å². The first kappa shape index (κ1) is 14.8. The maximum atomic E-state index is 4.53. The second-order valence-corrected chi connectivity index (χ2v) is 6.49. The van der Waals surface area contributed by atoms with E-state index in [1.54, 1.807) is 6.20 Å². The van der Waals surface area contributed by atoms with E-state index >= 15 is 0 Å². The third-order valence-electron chi connectivity index (χ3n) is 4.94. The molecule has 0 aliphatic carbocycles. The quantitative estimate of drug-likeness (QED) is 0.429. The Morgan fingerprint density at radius 3 is 2.31 bits per heavy atom. The van der Waals surface area contributed by atoms with Gasteiger partial charge in [0, 0.05) is 42.0 Å². The van der Waals surface area contributed by atoms with Crippen LogP contribution in [0.25, 0.3) is 44.2 Å². The lowest BCUT2D eigenvalue weighted by molar-refractivity contribution is 0.990. The zero-order valence-electron chi connectivity index (χ0n) is 14.4. The van der Waals surface area contributed by atoms with E-state index in [2.05, 4.69) is 76.2 Å². The van der Waals surface area contributed by atoms with Gasteiger partial charge in [-0.3, -0.25) is 4.98 Å². The Morgan fingerprint density at radius 2 is 1.46 bits per heavy atom. The third-order valence-corrected chi connectivity index (χ3v) is 4.94. The first-order valence-electron chi connectivity index (χ1n) is 8.65. The molecule has 0 fully saturated rings. The Hall–Kier alpha value is -3.46. The molecule has 0 atom stereocenters. The number of rotatable bonds is 2. The maximum Gasteiger partial charge on any atom is 0.140 e. The lowest BCUT2D eigenvalue weighted by atomic mass is 9.99. The summed E-state index contributed by atoms with van der Waals surface area (Å²) in [5.74, 6) is 0. The number of pyridine rings is 2. The molecule has 0 amide bonds. The summed E-state index contributed by atoms with van der Waals surface area (Å²) in [6, 6.07) is 23.4. The van der Waals surface area contributed by atoms with E-state index < -0.39 is 0 Å². The van der Waals surface area contributed by atoms with Gasteiger partial charge in [0.25, 0.3) is 0 Å². The minimum atomic E-state index is 1.02. The van der Waals surface area contributed by atoms with E-state index in [1.165, 1.54) is 33.0 Å². The van der Waals surface area contributed by atoms with Crippen molar-refractivity contribution in [2.24, 2.45) is 7.05 Å². The van der Waals surface area contributed by atoms with Crippen LogP contribution in [0.1, 0.15) is 0 Å². The normalized spacial score (nSPS) is 11.3. The number of benzene rings is 2. The largest absolute Gasteiger partial charge is 0.328 e. The van der Waals surface area contributed by atoms with Crippen molar-refractivity contribution in [1.82, 2.24) is 14.5 Å². The SMILES string of the molecule is Cn1c2ccc(-c3cccc(-c4cccnc4)c3)cc2c2cccnc21. The van der Waals surface area contributed by atoms with Crippen LogP contribution >= 0.6 is 0 Å². The van der Waals surface area contributed by atoms with Gasteiger partial charge >= 0.3 is 0 Å². The first-order chi connectivity index (χ1) is 12.8. The van der Waals surface area contributed by atoms with Gasteiger partial charge in [0.1, 0.15) is 5.65 Å². The fraction of sp³-hybridized carbons (Fsp3) is 0.0435. The average molecular weight is 335 g/mol. The number of aromatic nitrogens is 3. The molecule has 3 heteroatoms. The van der Waals surface area contributed by atoms with Crippen LogP contribution < -0.4 is 0 Å². The van der Waals surface area contributed by atoms with Gasteiger partial charge in [-0.2, -0.15) is 0 Å². The van der Waals surface area contributed by atoms with E-state index in [1.807, 2.05) is 24.5 Å². The minimum absolute atomic E-state index is 1.02. The predicted molar refractivity (Wildman–Crippen MR) is 107 cm³/mol. The molecule has 26 heavy (non-hydrogen) atoms. The standard InChI is InChI=1S/C23H17N3/c1-26-22-10-9-18(14-21(22)20-8-4-12-25-23(20)26)16-5-2-6-17(13-16)19-7-3-11-24-15-19/h2-15H,1H3. The van der Waals surface area contributed by atoms with Crippen molar-refractivity contribution in [2.45, 2.75) is 0 Å². The number of fused-ring (bicyclic) bond motifs is 3. The Kier molecular flexibility index (Phi) is 3.32. The molecule has 0 aliphatic heterocycles. The van der Waals surface area contributed by atoms with Crippen molar-refractivity contribution < 1.29 is 0 Å². The van der Waals surface area contributed by atoms with Gasteiger partial charge in [0.15, 0.2) is 0 Å². The summed E-state index contributed by atoms with van der Waals surface area (Å²) in [7, 11) is 2.07. The summed E-state index contributed by atoms with van der Waals surface area (Å²) in [6.07, 6.45) is 5.55. The number of hydrogen-bond acceptors (Lipinski definition) is 2. The van der Waals surface area contributed by atoms with Crippen molar-refractivity contribution in [2.75, 3.05) is 0 Å². The molecule has 3 heterocycles. The van der Waals surface area contributed by atoms with E-state index in [4.69, 9.17) is 0 Å². The Bertz CT molecular complexity index is 1240. The van der Waals surface area contributed by atoms with E-state index in [9.17, 15) is 0 Å². The molecule has 0 saturated carbocycles. The number of nitrogens with zero attached hydrogens (tertiary/aromatic N) is 3. The van der Waals surface area contributed by atoms with Gasteiger partial charge in [0.05, 0.1) is 5.52 Å². The van der Waals surface area contributed by atoms with Crippen LogP contribution in [0.2, 0.25) is 0 Å². The molecule has 0 radical (unpaired) electrons. The van der Waals surface area contributed by atoms with Crippen LogP contribution in [0, 0.1) is 0 Å². The summed E-state index contributed by atoms with van der Waals surface area (Å²) >= 11 is 0. The van der Waals surface area contributed by atoms with Gasteiger partial charge in [-0.1, -0.05) is 30.3 Å². The average Bonchev–Trinajstić information content (AvgIpc) is 3.01. The highest BCUT2D eigenvalue weighted by Crippen LogP contribution is 2.32. The molecule has 3 aromatic heterocycles. The lowest BCUT2D eigenvalue weighted by Gasteiger charge is -2.07. The van der Waals surface area contributed by atoms with Crippen LogP contribution in [0.4, 0.5) is 0 Å². The van der Waals surface area contributed by atoms with Crippen molar-refractivity contribution >= 4 is 21.9 Å². The maximum absolute atomic E-state index is 4.53. The highest BCUT2D eigenvalue weighted by Gasteiger charge is 2.10. The molecule has 0 unspecified atom stereocenters. The smallest absolute Gasteiger partial charge is 0.140 e. The fourth-order valence-electron chi connectivity index (χ4n) is 3.62. The van der Waals surface area contributed by atoms with Crippen LogP contribution in [-0.4, -0.2) is 14.5 Å². The molecule has 2 aromatic carbocycles. The van der Waals surface area contributed by atoms with Crippen LogP contribution in [0.5, 0.6) is 0 Å². The molecule has 0 bridgehead atoms. The van der Waals surface area contributed by atoms with Crippen molar-refractivity contribution in [3.05, 3.63) is 85.3 Å². The Morgan fingerprint density at radius 1 is 0.692 bits per heavy atom. The molecule has 0 N–H and O–H groups in total. The molecule has 0 saturated heterocycles. The van der Waals surface area contributed by atoms with Gasteiger partial charge < -0.3 is 4.57 Å². The summed E-state index contributed by atoms with van der Waals surface area (Å²) in [5.41, 5.74) is 6.93. The zero-order valence-corrected chi connectivity index (χ0v) is 14.4. The molecular formula is C23H17N3. The highest BCUT2D eigenvalue weighted by molar-refractivity contribution is 6.07. The Balaban J connectivity index is 1.69. The molecule has 124 valence electrons. The van der Waals surface area contributed by atoms with Gasteiger partial charge in [0.2, 0.25) is 0 Å². The minimum Gasteiger partial charge on any atom is -0.328 e. The molecule has 5 rings (SSSR count). The molecule has 5 aromatic rings.